The first-order valence-electron chi connectivity index (χ1n) is 7.22. The first kappa shape index (κ1) is 16.8. The summed E-state index contributed by atoms with van der Waals surface area (Å²) < 4.78 is 1.13. The lowest BCUT2D eigenvalue weighted by molar-refractivity contribution is 1.04. The van der Waals surface area contributed by atoms with Crippen molar-refractivity contribution in [1.82, 2.24) is 0 Å². The van der Waals surface area contributed by atoms with Crippen LogP contribution in [0.1, 0.15) is 49.3 Å². The second-order valence-electron chi connectivity index (χ2n) is 5.90. The third-order valence-electron chi connectivity index (χ3n) is 4.82. The normalized spacial score (nSPS) is 12.6. The zero-order valence-corrected chi connectivity index (χ0v) is 16.7. The third kappa shape index (κ3) is 2.98. The Balaban J connectivity index is 2.66. The molecule has 21 heavy (non-hydrogen) atoms. The minimum absolute atomic E-state index is 0.239. The SMILES string of the molecule is Cc1cc(Br)ccc1C(Br)c1c(C)c(C)c(C)c(C)c1C. The standard InChI is InChI=1S/C19H22Br2/c1-10-9-16(20)7-8-17(10)19(21)18-14(5)12(3)11(2)13(4)15(18)6/h7-9,19H,1-6H3. The molecule has 2 rings (SSSR count). The molecule has 2 heteroatoms. The van der Waals surface area contributed by atoms with Gasteiger partial charge >= 0.3 is 0 Å². The first-order chi connectivity index (χ1) is 9.75. The second kappa shape index (κ2) is 6.26. The zero-order chi connectivity index (χ0) is 15.9. The summed E-state index contributed by atoms with van der Waals surface area (Å²) in [4.78, 5) is 0.239. The van der Waals surface area contributed by atoms with Crippen molar-refractivity contribution >= 4 is 31.9 Å². The monoisotopic (exact) mass is 408 g/mol. The summed E-state index contributed by atoms with van der Waals surface area (Å²) in [5.74, 6) is 0. The number of aryl methyl sites for hydroxylation is 1. The van der Waals surface area contributed by atoms with Gasteiger partial charge in [-0.2, -0.15) is 0 Å². The summed E-state index contributed by atoms with van der Waals surface area (Å²) in [7, 11) is 0. The Bertz CT molecular complexity index is 670. The molecule has 2 aromatic carbocycles. The maximum atomic E-state index is 3.95. The highest BCUT2D eigenvalue weighted by Gasteiger charge is 2.21. The van der Waals surface area contributed by atoms with Crippen molar-refractivity contribution in [2.45, 2.75) is 46.4 Å². The maximum Gasteiger partial charge on any atom is 0.0652 e. The number of hydrogen-bond donors (Lipinski definition) is 0. The van der Waals surface area contributed by atoms with Crippen LogP contribution in [0.25, 0.3) is 0 Å². The molecule has 0 radical (unpaired) electrons. The van der Waals surface area contributed by atoms with Gasteiger partial charge in [0, 0.05) is 4.47 Å². The molecule has 0 spiro atoms. The quantitative estimate of drug-likeness (QED) is 0.479. The van der Waals surface area contributed by atoms with Gasteiger partial charge in [-0.15, -0.1) is 0 Å². The molecule has 2 aromatic rings. The average molecular weight is 410 g/mol. The molecule has 1 atom stereocenters. The van der Waals surface area contributed by atoms with E-state index in [1.165, 1.54) is 44.5 Å². The van der Waals surface area contributed by atoms with Crippen molar-refractivity contribution in [3.63, 3.8) is 0 Å². The Hall–Kier alpha value is -0.600. The largest absolute Gasteiger partial charge is 0.0786 e. The van der Waals surface area contributed by atoms with Crippen molar-refractivity contribution in [3.05, 3.63) is 67.2 Å². The minimum Gasteiger partial charge on any atom is -0.0786 e. The number of alkyl halides is 1. The van der Waals surface area contributed by atoms with Crippen LogP contribution in [0.15, 0.2) is 22.7 Å². The molecule has 0 N–H and O–H groups in total. The van der Waals surface area contributed by atoms with E-state index in [9.17, 15) is 0 Å². The molecular weight excluding hydrogens is 388 g/mol. The molecule has 0 bridgehead atoms. The lowest BCUT2D eigenvalue weighted by Gasteiger charge is -2.23. The Morgan fingerprint density at radius 1 is 0.762 bits per heavy atom. The number of benzene rings is 2. The van der Waals surface area contributed by atoms with E-state index < -0.39 is 0 Å². The van der Waals surface area contributed by atoms with E-state index in [0.717, 1.165) is 4.47 Å². The van der Waals surface area contributed by atoms with E-state index in [0.29, 0.717) is 0 Å². The van der Waals surface area contributed by atoms with E-state index in [1.807, 2.05) is 0 Å². The van der Waals surface area contributed by atoms with Gasteiger partial charge < -0.3 is 0 Å². The van der Waals surface area contributed by atoms with Crippen LogP contribution in [0.2, 0.25) is 0 Å². The molecule has 0 nitrogen and oxygen atoms in total. The number of halogens is 2. The van der Waals surface area contributed by atoms with Crippen molar-refractivity contribution in [2.75, 3.05) is 0 Å². The summed E-state index contributed by atoms with van der Waals surface area (Å²) in [6.07, 6.45) is 0. The van der Waals surface area contributed by atoms with Gasteiger partial charge in [-0.1, -0.05) is 37.9 Å². The van der Waals surface area contributed by atoms with Gasteiger partial charge in [0.15, 0.2) is 0 Å². The molecule has 0 amide bonds. The van der Waals surface area contributed by atoms with Crippen molar-refractivity contribution in [3.8, 4) is 0 Å². The molecule has 0 aromatic heterocycles. The topological polar surface area (TPSA) is 0 Å². The van der Waals surface area contributed by atoms with Crippen LogP contribution in [0.4, 0.5) is 0 Å². The van der Waals surface area contributed by atoms with Gasteiger partial charge in [0.05, 0.1) is 4.83 Å². The van der Waals surface area contributed by atoms with Crippen LogP contribution < -0.4 is 0 Å². The van der Waals surface area contributed by atoms with E-state index in [1.54, 1.807) is 0 Å². The Morgan fingerprint density at radius 2 is 1.24 bits per heavy atom. The fraction of sp³-hybridized carbons (Fsp3) is 0.368. The fourth-order valence-electron chi connectivity index (χ4n) is 2.99. The minimum atomic E-state index is 0.239. The molecule has 0 aliphatic carbocycles. The van der Waals surface area contributed by atoms with E-state index in [4.69, 9.17) is 0 Å². The molecule has 1 unspecified atom stereocenters. The lowest BCUT2D eigenvalue weighted by atomic mass is 9.86. The van der Waals surface area contributed by atoms with Crippen LogP contribution in [0.3, 0.4) is 0 Å². The van der Waals surface area contributed by atoms with Crippen LogP contribution in [0.5, 0.6) is 0 Å². The summed E-state index contributed by atoms with van der Waals surface area (Å²) in [6, 6.07) is 6.51. The predicted octanol–water partition coefficient (Wildman–Crippen LogP) is 6.78. The van der Waals surface area contributed by atoms with Crippen LogP contribution in [-0.2, 0) is 0 Å². The van der Waals surface area contributed by atoms with Crippen LogP contribution in [-0.4, -0.2) is 0 Å². The summed E-state index contributed by atoms with van der Waals surface area (Å²) in [5.41, 5.74) is 11.1. The highest BCUT2D eigenvalue weighted by molar-refractivity contribution is 9.10. The highest BCUT2D eigenvalue weighted by Crippen LogP contribution is 2.40. The molecule has 0 aliphatic heterocycles. The summed E-state index contributed by atoms with van der Waals surface area (Å²) >= 11 is 7.50. The zero-order valence-electron chi connectivity index (χ0n) is 13.6. The smallest absolute Gasteiger partial charge is 0.0652 e. The number of rotatable bonds is 2. The van der Waals surface area contributed by atoms with Crippen molar-refractivity contribution in [1.29, 1.82) is 0 Å². The highest BCUT2D eigenvalue weighted by atomic mass is 79.9. The summed E-state index contributed by atoms with van der Waals surface area (Å²) in [6.45, 7) is 13.3. The van der Waals surface area contributed by atoms with Crippen LogP contribution >= 0.6 is 31.9 Å². The van der Waals surface area contributed by atoms with E-state index in [-0.39, 0.29) is 4.83 Å². The van der Waals surface area contributed by atoms with Crippen molar-refractivity contribution in [2.24, 2.45) is 0 Å². The van der Waals surface area contributed by atoms with Crippen molar-refractivity contribution < 1.29 is 0 Å². The second-order valence-corrected chi connectivity index (χ2v) is 7.73. The average Bonchev–Trinajstić information content (AvgIpc) is 2.43. The Kier molecular flexibility index (Phi) is 4.99. The Labute approximate surface area is 145 Å². The van der Waals surface area contributed by atoms with Gasteiger partial charge in [0.2, 0.25) is 0 Å². The molecule has 0 fully saturated rings. The Morgan fingerprint density at radius 3 is 1.71 bits per heavy atom. The molecular formula is C19H22Br2. The molecule has 112 valence electrons. The van der Waals surface area contributed by atoms with Gasteiger partial charge in [0.25, 0.3) is 0 Å². The molecule has 0 aliphatic rings. The number of hydrogen-bond acceptors (Lipinski definition) is 0. The lowest BCUT2D eigenvalue weighted by Crippen LogP contribution is -2.06. The van der Waals surface area contributed by atoms with Gasteiger partial charge in [-0.25, -0.2) is 0 Å². The third-order valence-corrected chi connectivity index (χ3v) is 6.26. The van der Waals surface area contributed by atoms with Gasteiger partial charge in [0.1, 0.15) is 0 Å². The predicted molar refractivity (Wildman–Crippen MR) is 99.8 cm³/mol. The first-order valence-corrected chi connectivity index (χ1v) is 8.93. The van der Waals surface area contributed by atoms with E-state index in [2.05, 4.69) is 91.6 Å². The molecule has 0 saturated heterocycles. The molecule has 0 saturated carbocycles. The molecule has 0 heterocycles. The summed E-state index contributed by atoms with van der Waals surface area (Å²) in [5, 5.41) is 0. The van der Waals surface area contributed by atoms with Gasteiger partial charge in [-0.05, 0) is 98.2 Å². The van der Waals surface area contributed by atoms with E-state index >= 15 is 0 Å². The fourth-order valence-corrected chi connectivity index (χ4v) is 4.66. The van der Waals surface area contributed by atoms with Gasteiger partial charge in [-0.3, -0.25) is 0 Å². The van der Waals surface area contributed by atoms with Crippen LogP contribution in [0, 0.1) is 41.5 Å². The maximum absolute atomic E-state index is 3.95.